The fourth-order valence-corrected chi connectivity index (χ4v) is 3.58. The molecule has 0 saturated heterocycles. The van der Waals surface area contributed by atoms with Gasteiger partial charge in [-0.3, -0.25) is 14.5 Å². The van der Waals surface area contributed by atoms with Crippen LogP contribution in [0.4, 0.5) is 0 Å². The highest BCUT2D eigenvalue weighted by molar-refractivity contribution is 6.50. The number of aromatic amines is 2. The van der Waals surface area contributed by atoms with Gasteiger partial charge in [0.15, 0.2) is 0 Å². The summed E-state index contributed by atoms with van der Waals surface area (Å²) in [6, 6.07) is 11.4. The fourth-order valence-electron chi connectivity index (χ4n) is 3.58. The molecule has 1 aliphatic rings. The summed E-state index contributed by atoms with van der Waals surface area (Å²) in [6.45, 7) is 0. The normalized spacial score (nSPS) is 15.0. The highest BCUT2D eigenvalue weighted by Gasteiger charge is 2.39. The number of nitrogens with zero attached hydrogens (tertiary/aromatic N) is 2. The van der Waals surface area contributed by atoms with Gasteiger partial charge in [-0.15, -0.1) is 0 Å². The Hall–Kier alpha value is -3.67. The molecule has 0 spiro atoms. The predicted molar refractivity (Wildman–Crippen MR) is 99.0 cm³/mol. The summed E-state index contributed by atoms with van der Waals surface area (Å²) in [5, 5.41) is 1.73. The number of pyridine rings is 1. The number of hydrogen-bond donors (Lipinski definition) is 2. The van der Waals surface area contributed by atoms with Crippen LogP contribution in [-0.4, -0.2) is 38.7 Å². The Labute approximate surface area is 148 Å². The minimum Gasteiger partial charge on any atom is -0.361 e. The van der Waals surface area contributed by atoms with Gasteiger partial charge in [0.2, 0.25) is 0 Å². The maximum Gasteiger partial charge on any atom is 0.261 e. The average molecular weight is 342 g/mol. The highest BCUT2D eigenvalue weighted by atomic mass is 16.2. The molecule has 3 aromatic heterocycles. The largest absolute Gasteiger partial charge is 0.361 e. The van der Waals surface area contributed by atoms with Gasteiger partial charge in [-0.05, 0) is 18.2 Å². The van der Waals surface area contributed by atoms with Crippen molar-refractivity contribution in [3.8, 4) is 0 Å². The Balaban J connectivity index is 1.86. The first-order valence-electron chi connectivity index (χ1n) is 8.22. The van der Waals surface area contributed by atoms with E-state index in [1.807, 2.05) is 36.4 Å². The van der Waals surface area contributed by atoms with E-state index in [1.165, 1.54) is 11.9 Å². The number of hydrogen-bond acceptors (Lipinski definition) is 3. The lowest BCUT2D eigenvalue weighted by molar-refractivity contribution is -0.134. The van der Waals surface area contributed by atoms with Crippen LogP contribution in [0.3, 0.4) is 0 Å². The van der Waals surface area contributed by atoms with Crippen LogP contribution >= 0.6 is 0 Å². The number of imide groups is 1. The number of likely N-dealkylation sites (N-methyl/N-ethyl adjacent to an activating group) is 1. The third kappa shape index (κ3) is 1.84. The van der Waals surface area contributed by atoms with Crippen LogP contribution in [0.5, 0.6) is 0 Å². The number of rotatable bonds is 2. The topological polar surface area (TPSA) is 81.8 Å². The highest BCUT2D eigenvalue weighted by Crippen LogP contribution is 2.39. The van der Waals surface area contributed by atoms with Gasteiger partial charge in [-0.1, -0.05) is 18.2 Å². The molecule has 2 N–H and O–H groups in total. The maximum atomic E-state index is 12.9. The van der Waals surface area contributed by atoms with Crippen molar-refractivity contribution in [2.75, 3.05) is 7.05 Å². The molecule has 0 aliphatic carbocycles. The monoisotopic (exact) mass is 342 g/mol. The summed E-state index contributed by atoms with van der Waals surface area (Å²) in [7, 11) is 1.51. The molecular formula is C20H14N4O2. The third-order valence-corrected chi connectivity index (χ3v) is 4.87. The van der Waals surface area contributed by atoms with Crippen molar-refractivity contribution in [3.05, 3.63) is 66.1 Å². The van der Waals surface area contributed by atoms with E-state index in [4.69, 9.17) is 0 Å². The SMILES string of the molecule is CN1C(=O)C(c2c[nH]c3ccccc23)=C(c2c[nH]c3ncccc23)C1=O. The molecule has 1 aliphatic heterocycles. The molecule has 4 aromatic rings. The average Bonchev–Trinajstić information content (AvgIpc) is 3.33. The van der Waals surface area contributed by atoms with Gasteiger partial charge in [0.05, 0.1) is 11.1 Å². The van der Waals surface area contributed by atoms with E-state index in [0.717, 1.165) is 21.9 Å². The third-order valence-electron chi connectivity index (χ3n) is 4.87. The zero-order chi connectivity index (χ0) is 17.8. The Morgan fingerprint density at radius 3 is 2.31 bits per heavy atom. The molecule has 5 rings (SSSR count). The number of H-pyrrole nitrogens is 2. The van der Waals surface area contributed by atoms with Gasteiger partial charge in [0.25, 0.3) is 11.8 Å². The predicted octanol–water partition coefficient (Wildman–Crippen LogP) is 2.95. The first-order valence-corrected chi connectivity index (χ1v) is 8.22. The van der Waals surface area contributed by atoms with Crippen LogP contribution in [0.2, 0.25) is 0 Å². The minimum atomic E-state index is -0.306. The molecule has 26 heavy (non-hydrogen) atoms. The lowest BCUT2D eigenvalue weighted by Gasteiger charge is -2.06. The van der Waals surface area contributed by atoms with Crippen molar-refractivity contribution >= 4 is 44.9 Å². The number of fused-ring (bicyclic) bond motifs is 2. The van der Waals surface area contributed by atoms with Crippen LogP contribution in [0.15, 0.2) is 55.0 Å². The smallest absolute Gasteiger partial charge is 0.261 e. The molecular weight excluding hydrogens is 328 g/mol. The first-order chi connectivity index (χ1) is 12.7. The van der Waals surface area contributed by atoms with E-state index in [2.05, 4.69) is 15.0 Å². The van der Waals surface area contributed by atoms with E-state index in [0.29, 0.717) is 22.4 Å². The number of amides is 2. The number of carbonyl (C=O) groups excluding carboxylic acids is 2. The molecule has 4 heterocycles. The molecule has 1 aromatic carbocycles. The van der Waals surface area contributed by atoms with Crippen LogP contribution < -0.4 is 0 Å². The second-order valence-electron chi connectivity index (χ2n) is 6.27. The first kappa shape index (κ1) is 14.7. The van der Waals surface area contributed by atoms with E-state index >= 15 is 0 Å². The van der Waals surface area contributed by atoms with Gasteiger partial charge in [0, 0.05) is 53.1 Å². The van der Waals surface area contributed by atoms with Crippen LogP contribution in [0.25, 0.3) is 33.1 Å². The van der Waals surface area contributed by atoms with Crippen molar-refractivity contribution < 1.29 is 9.59 Å². The van der Waals surface area contributed by atoms with Crippen molar-refractivity contribution in [3.63, 3.8) is 0 Å². The summed E-state index contributed by atoms with van der Waals surface area (Å²) >= 11 is 0. The number of carbonyl (C=O) groups is 2. The Kier molecular flexibility index (Phi) is 2.91. The Morgan fingerprint density at radius 1 is 0.846 bits per heavy atom. The fraction of sp³-hybridized carbons (Fsp3) is 0.0500. The van der Waals surface area contributed by atoms with Gasteiger partial charge >= 0.3 is 0 Å². The number of para-hydroxylation sites is 1. The van der Waals surface area contributed by atoms with E-state index in [9.17, 15) is 9.59 Å². The number of nitrogens with one attached hydrogen (secondary N) is 2. The quantitative estimate of drug-likeness (QED) is 0.550. The summed E-state index contributed by atoms with van der Waals surface area (Å²) in [5.74, 6) is -0.604. The molecule has 6 heteroatoms. The molecule has 2 amide bonds. The molecule has 0 fully saturated rings. The molecule has 0 unspecified atom stereocenters. The zero-order valence-electron chi connectivity index (χ0n) is 13.9. The van der Waals surface area contributed by atoms with E-state index in [1.54, 1.807) is 18.6 Å². The molecule has 0 saturated carbocycles. The summed E-state index contributed by atoms with van der Waals surface area (Å²) < 4.78 is 0. The van der Waals surface area contributed by atoms with Gasteiger partial charge in [-0.2, -0.15) is 0 Å². The van der Waals surface area contributed by atoms with Crippen molar-refractivity contribution in [1.82, 2.24) is 19.9 Å². The van der Waals surface area contributed by atoms with Crippen molar-refractivity contribution in [1.29, 1.82) is 0 Å². The second-order valence-corrected chi connectivity index (χ2v) is 6.27. The molecule has 0 atom stereocenters. The van der Waals surface area contributed by atoms with E-state index < -0.39 is 0 Å². The molecule has 126 valence electrons. The van der Waals surface area contributed by atoms with Crippen LogP contribution in [0, 0.1) is 0 Å². The molecule has 0 bridgehead atoms. The number of aromatic nitrogens is 3. The van der Waals surface area contributed by atoms with E-state index in [-0.39, 0.29) is 11.8 Å². The van der Waals surface area contributed by atoms with Crippen LogP contribution in [-0.2, 0) is 9.59 Å². The summed E-state index contributed by atoms with van der Waals surface area (Å²) in [6.07, 6.45) is 5.22. The van der Waals surface area contributed by atoms with Gasteiger partial charge < -0.3 is 9.97 Å². The lowest BCUT2D eigenvalue weighted by atomic mass is 9.96. The molecule has 0 radical (unpaired) electrons. The van der Waals surface area contributed by atoms with Crippen molar-refractivity contribution in [2.45, 2.75) is 0 Å². The summed E-state index contributed by atoms with van der Waals surface area (Å²) in [4.78, 5) is 37.5. The lowest BCUT2D eigenvalue weighted by Crippen LogP contribution is -2.26. The Morgan fingerprint density at radius 2 is 1.50 bits per heavy atom. The van der Waals surface area contributed by atoms with Gasteiger partial charge in [-0.25, -0.2) is 4.98 Å². The Bertz CT molecular complexity index is 1150. The van der Waals surface area contributed by atoms with Crippen LogP contribution in [0.1, 0.15) is 11.1 Å². The summed E-state index contributed by atoms with van der Waals surface area (Å²) in [5.41, 5.74) is 3.85. The minimum absolute atomic E-state index is 0.298. The number of benzene rings is 1. The maximum absolute atomic E-state index is 12.9. The zero-order valence-corrected chi connectivity index (χ0v) is 13.9. The van der Waals surface area contributed by atoms with Crippen molar-refractivity contribution in [2.24, 2.45) is 0 Å². The molecule has 6 nitrogen and oxygen atoms in total. The van der Waals surface area contributed by atoms with Gasteiger partial charge in [0.1, 0.15) is 5.65 Å². The standard InChI is InChI=1S/C20H14N4O2/c1-24-19(25)16(13-9-22-15-7-3-2-5-11(13)15)17(20(24)26)14-10-23-18-12(14)6-4-8-21-18/h2-10,22H,1H3,(H,21,23). The second kappa shape index (κ2) is 5.16.